The summed E-state index contributed by atoms with van der Waals surface area (Å²) in [6, 6.07) is 10.2. The number of imidazole rings is 1. The van der Waals surface area contributed by atoms with Gasteiger partial charge in [-0.25, -0.2) is 9.97 Å². The van der Waals surface area contributed by atoms with Crippen molar-refractivity contribution in [3.8, 4) is 11.3 Å². The molecule has 3 aromatic rings. The lowest BCUT2D eigenvalue weighted by atomic mass is 10.1. The number of hydrogen-bond donors (Lipinski definition) is 1. The lowest BCUT2D eigenvalue weighted by Crippen LogP contribution is -2.11. The molecule has 0 fully saturated rings. The topological polar surface area (TPSA) is 45.5 Å². The molecule has 21 heavy (non-hydrogen) atoms. The number of nitrogens with zero attached hydrogens (tertiary/aromatic N) is 4. The molecule has 0 amide bonds. The molecule has 3 heterocycles. The van der Waals surface area contributed by atoms with Gasteiger partial charge in [0.2, 0.25) is 0 Å². The second-order valence-corrected chi connectivity index (χ2v) is 5.16. The molecular formula is C16H19N5. The minimum absolute atomic E-state index is 0.733. The summed E-state index contributed by atoms with van der Waals surface area (Å²) in [4.78, 5) is 11.1. The van der Waals surface area contributed by atoms with Gasteiger partial charge in [0.1, 0.15) is 11.5 Å². The van der Waals surface area contributed by atoms with Crippen molar-refractivity contribution in [1.29, 1.82) is 0 Å². The van der Waals surface area contributed by atoms with Crippen molar-refractivity contribution in [2.24, 2.45) is 0 Å². The Morgan fingerprint density at radius 2 is 2.10 bits per heavy atom. The van der Waals surface area contributed by atoms with Gasteiger partial charge >= 0.3 is 0 Å². The Kier molecular flexibility index (Phi) is 3.58. The second-order valence-electron chi connectivity index (χ2n) is 5.16. The quantitative estimate of drug-likeness (QED) is 0.796. The summed E-state index contributed by atoms with van der Waals surface area (Å²) in [5, 5.41) is 3.19. The smallest absolute Gasteiger partial charge is 0.137 e. The predicted molar refractivity (Wildman–Crippen MR) is 85.5 cm³/mol. The average molecular weight is 281 g/mol. The molecule has 0 unspecified atom stereocenters. The fourth-order valence-corrected chi connectivity index (χ4v) is 2.45. The molecule has 3 aromatic heterocycles. The Bertz CT molecular complexity index is 760. The van der Waals surface area contributed by atoms with E-state index in [2.05, 4.69) is 20.8 Å². The first-order chi connectivity index (χ1) is 10.2. The predicted octanol–water partition coefficient (Wildman–Crippen LogP) is 2.18. The maximum absolute atomic E-state index is 4.72. The molecular weight excluding hydrogens is 262 g/mol. The highest BCUT2D eigenvalue weighted by Gasteiger charge is 2.14. The standard InChI is InChI=1S/C16H19N5/c1-17-11-13-16(21-9-5-4-6-14(21)19-13)12-7-8-18-15(10-12)20(2)3/h4-10,17H,11H2,1-3H3. The first-order valence-electron chi connectivity index (χ1n) is 6.95. The molecule has 0 saturated carbocycles. The third kappa shape index (κ3) is 2.48. The highest BCUT2D eigenvalue weighted by atomic mass is 15.1. The van der Waals surface area contributed by atoms with Gasteiger partial charge in [0, 0.05) is 38.6 Å². The molecule has 0 aliphatic rings. The second kappa shape index (κ2) is 5.54. The third-order valence-electron chi connectivity index (χ3n) is 3.42. The average Bonchev–Trinajstić information content (AvgIpc) is 2.85. The summed E-state index contributed by atoms with van der Waals surface area (Å²) >= 11 is 0. The Hall–Kier alpha value is -2.40. The number of pyridine rings is 2. The molecule has 0 atom stereocenters. The van der Waals surface area contributed by atoms with E-state index in [9.17, 15) is 0 Å². The number of aromatic nitrogens is 3. The maximum atomic E-state index is 4.72. The van der Waals surface area contributed by atoms with Gasteiger partial charge in [-0.1, -0.05) is 6.07 Å². The van der Waals surface area contributed by atoms with Crippen LogP contribution in [-0.4, -0.2) is 35.5 Å². The van der Waals surface area contributed by atoms with Crippen LogP contribution in [-0.2, 0) is 6.54 Å². The normalized spacial score (nSPS) is 11.0. The van der Waals surface area contributed by atoms with Gasteiger partial charge in [-0.3, -0.25) is 4.40 Å². The van der Waals surface area contributed by atoms with E-state index in [4.69, 9.17) is 4.98 Å². The Morgan fingerprint density at radius 3 is 2.86 bits per heavy atom. The van der Waals surface area contributed by atoms with E-state index in [1.165, 1.54) is 0 Å². The van der Waals surface area contributed by atoms with Crippen molar-refractivity contribution < 1.29 is 0 Å². The monoisotopic (exact) mass is 281 g/mol. The molecule has 1 N–H and O–H groups in total. The molecule has 0 aliphatic heterocycles. The summed E-state index contributed by atoms with van der Waals surface area (Å²) < 4.78 is 2.13. The summed E-state index contributed by atoms with van der Waals surface area (Å²) in [7, 11) is 5.93. The van der Waals surface area contributed by atoms with E-state index < -0.39 is 0 Å². The van der Waals surface area contributed by atoms with Gasteiger partial charge in [0.15, 0.2) is 0 Å². The van der Waals surface area contributed by atoms with E-state index in [1.807, 2.05) is 62.7 Å². The van der Waals surface area contributed by atoms with Crippen LogP contribution in [0.5, 0.6) is 0 Å². The lowest BCUT2D eigenvalue weighted by Gasteiger charge is -2.12. The fourth-order valence-electron chi connectivity index (χ4n) is 2.45. The summed E-state index contributed by atoms with van der Waals surface area (Å²) in [5.74, 6) is 0.939. The van der Waals surface area contributed by atoms with Crippen LogP contribution in [0.4, 0.5) is 5.82 Å². The Labute approximate surface area is 124 Å². The van der Waals surface area contributed by atoms with Crippen molar-refractivity contribution in [1.82, 2.24) is 19.7 Å². The van der Waals surface area contributed by atoms with Gasteiger partial charge < -0.3 is 10.2 Å². The summed E-state index contributed by atoms with van der Waals surface area (Å²) in [6.07, 6.45) is 3.89. The SMILES string of the molecule is CNCc1nc2ccccn2c1-c1ccnc(N(C)C)c1. The van der Waals surface area contributed by atoms with Crippen LogP contribution in [0.1, 0.15) is 5.69 Å². The molecule has 0 spiro atoms. The van der Waals surface area contributed by atoms with E-state index in [0.717, 1.165) is 35.0 Å². The van der Waals surface area contributed by atoms with Gasteiger partial charge in [-0.2, -0.15) is 0 Å². The van der Waals surface area contributed by atoms with Crippen LogP contribution < -0.4 is 10.2 Å². The molecule has 0 radical (unpaired) electrons. The van der Waals surface area contributed by atoms with Crippen molar-refractivity contribution in [2.45, 2.75) is 6.54 Å². The van der Waals surface area contributed by atoms with Crippen molar-refractivity contribution in [2.75, 3.05) is 26.0 Å². The van der Waals surface area contributed by atoms with E-state index in [1.54, 1.807) is 0 Å². The molecule has 5 heteroatoms. The van der Waals surface area contributed by atoms with Crippen LogP contribution >= 0.6 is 0 Å². The zero-order chi connectivity index (χ0) is 14.8. The molecule has 5 nitrogen and oxygen atoms in total. The number of anilines is 1. The van der Waals surface area contributed by atoms with Crippen molar-refractivity contribution in [3.63, 3.8) is 0 Å². The molecule has 0 aromatic carbocycles. The number of fused-ring (bicyclic) bond motifs is 1. The highest BCUT2D eigenvalue weighted by Crippen LogP contribution is 2.27. The minimum Gasteiger partial charge on any atom is -0.363 e. The minimum atomic E-state index is 0.733. The van der Waals surface area contributed by atoms with Gasteiger partial charge in [-0.05, 0) is 31.3 Å². The summed E-state index contributed by atoms with van der Waals surface area (Å²) in [5.41, 5.74) is 4.24. The van der Waals surface area contributed by atoms with Crippen LogP contribution in [0.3, 0.4) is 0 Å². The van der Waals surface area contributed by atoms with Gasteiger partial charge in [-0.15, -0.1) is 0 Å². The van der Waals surface area contributed by atoms with Crippen LogP contribution in [0.2, 0.25) is 0 Å². The van der Waals surface area contributed by atoms with Crippen LogP contribution in [0, 0.1) is 0 Å². The molecule has 3 rings (SSSR count). The molecule has 0 bridgehead atoms. The van der Waals surface area contributed by atoms with Crippen molar-refractivity contribution >= 4 is 11.5 Å². The maximum Gasteiger partial charge on any atom is 0.137 e. The number of nitrogens with one attached hydrogen (secondary N) is 1. The zero-order valence-corrected chi connectivity index (χ0v) is 12.5. The first-order valence-corrected chi connectivity index (χ1v) is 6.95. The Balaban J connectivity index is 2.22. The molecule has 108 valence electrons. The largest absolute Gasteiger partial charge is 0.363 e. The third-order valence-corrected chi connectivity index (χ3v) is 3.42. The molecule has 0 aliphatic carbocycles. The van der Waals surface area contributed by atoms with Gasteiger partial charge in [0.25, 0.3) is 0 Å². The fraction of sp³-hybridized carbons (Fsp3) is 0.250. The van der Waals surface area contributed by atoms with E-state index in [0.29, 0.717) is 0 Å². The molecule has 0 saturated heterocycles. The van der Waals surface area contributed by atoms with Crippen molar-refractivity contribution in [3.05, 3.63) is 48.4 Å². The van der Waals surface area contributed by atoms with Gasteiger partial charge in [0.05, 0.1) is 11.4 Å². The lowest BCUT2D eigenvalue weighted by molar-refractivity contribution is 0.800. The number of hydrogen-bond acceptors (Lipinski definition) is 4. The van der Waals surface area contributed by atoms with E-state index >= 15 is 0 Å². The van der Waals surface area contributed by atoms with E-state index in [-0.39, 0.29) is 0 Å². The Morgan fingerprint density at radius 1 is 1.24 bits per heavy atom. The summed E-state index contributed by atoms with van der Waals surface area (Å²) in [6.45, 7) is 0.733. The zero-order valence-electron chi connectivity index (χ0n) is 12.5. The van der Waals surface area contributed by atoms with Crippen LogP contribution in [0.15, 0.2) is 42.7 Å². The highest BCUT2D eigenvalue weighted by molar-refractivity contribution is 5.69. The number of rotatable bonds is 4. The van der Waals surface area contributed by atoms with Crippen LogP contribution in [0.25, 0.3) is 16.9 Å². The first kappa shape index (κ1) is 13.6.